The van der Waals surface area contributed by atoms with Gasteiger partial charge in [0, 0.05) is 24.7 Å². The average molecular weight is 333 g/mol. The van der Waals surface area contributed by atoms with Crippen LogP contribution >= 0.6 is 11.8 Å². The summed E-state index contributed by atoms with van der Waals surface area (Å²) in [6, 6.07) is 1.81. The molecule has 0 fully saturated rings. The van der Waals surface area contributed by atoms with Crippen molar-refractivity contribution in [1.29, 1.82) is 0 Å². The Morgan fingerprint density at radius 3 is 2.29 bits per heavy atom. The summed E-state index contributed by atoms with van der Waals surface area (Å²) in [6.07, 6.45) is 3.05. The van der Waals surface area contributed by atoms with Gasteiger partial charge in [-0.05, 0) is 27.0 Å². The fraction of sp³-hybridized carbons (Fsp3) is 0.667. The number of aromatic nitrogens is 2. The van der Waals surface area contributed by atoms with Gasteiger partial charge in [-0.3, -0.25) is 0 Å². The Labute approximate surface area is 130 Å². The van der Waals surface area contributed by atoms with Crippen molar-refractivity contribution >= 4 is 33.4 Å². The predicted octanol–water partition coefficient (Wildman–Crippen LogP) is 1.37. The first kappa shape index (κ1) is 18.0. The zero-order valence-corrected chi connectivity index (χ0v) is 14.7. The predicted molar refractivity (Wildman–Crippen MR) is 88.5 cm³/mol. The van der Waals surface area contributed by atoms with E-state index in [2.05, 4.69) is 25.3 Å². The molecule has 0 bridgehead atoms. The van der Waals surface area contributed by atoms with Gasteiger partial charge < -0.3 is 10.6 Å². The highest BCUT2D eigenvalue weighted by atomic mass is 32.2. The van der Waals surface area contributed by atoms with Gasteiger partial charge in [0.15, 0.2) is 5.16 Å². The van der Waals surface area contributed by atoms with Crippen molar-refractivity contribution in [1.82, 2.24) is 14.7 Å². The third kappa shape index (κ3) is 6.96. The molecular weight excluding hydrogens is 310 g/mol. The molecule has 1 aromatic rings. The molecule has 21 heavy (non-hydrogen) atoms. The molecule has 1 aromatic heterocycles. The maximum atomic E-state index is 11.3. The van der Waals surface area contributed by atoms with Crippen LogP contribution in [0.25, 0.3) is 0 Å². The maximum Gasteiger partial charge on any atom is 0.209 e. The molecule has 0 aliphatic heterocycles. The lowest BCUT2D eigenvalue weighted by atomic mass is 10.1. The highest BCUT2D eigenvalue weighted by molar-refractivity contribution is 7.98. The van der Waals surface area contributed by atoms with E-state index in [9.17, 15) is 8.42 Å². The summed E-state index contributed by atoms with van der Waals surface area (Å²) in [5.74, 6) is 1.40. The second-order valence-electron chi connectivity index (χ2n) is 5.27. The summed E-state index contributed by atoms with van der Waals surface area (Å²) >= 11 is 1.45. The van der Waals surface area contributed by atoms with E-state index in [0.717, 1.165) is 18.6 Å². The summed E-state index contributed by atoms with van der Waals surface area (Å²) in [5.41, 5.74) is -0.615. The molecule has 0 amide bonds. The zero-order chi connectivity index (χ0) is 16.1. The Hall–Kier alpha value is -1.06. The van der Waals surface area contributed by atoms with E-state index in [1.54, 1.807) is 6.07 Å². The van der Waals surface area contributed by atoms with Gasteiger partial charge in [-0.2, -0.15) is 0 Å². The molecule has 9 heteroatoms. The molecule has 0 aliphatic carbocycles. The van der Waals surface area contributed by atoms with Crippen LogP contribution in [0.2, 0.25) is 0 Å². The number of hydrogen-bond acceptors (Lipinski definition) is 7. The second kappa shape index (κ2) is 7.28. The molecule has 0 aromatic carbocycles. The largest absolute Gasteiger partial charge is 0.370 e. The topological polar surface area (TPSA) is 96.0 Å². The molecule has 0 spiro atoms. The van der Waals surface area contributed by atoms with E-state index >= 15 is 0 Å². The Balaban J connectivity index is 2.80. The molecule has 120 valence electrons. The van der Waals surface area contributed by atoms with E-state index in [1.807, 2.05) is 27.0 Å². The number of sulfonamides is 1. The van der Waals surface area contributed by atoms with Crippen LogP contribution in [0, 0.1) is 0 Å². The third-order valence-corrected chi connectivity index (χ3v) is 3.89. The molecule has 0 aliphatic rings. The molecule has 1 heterocycles. The molecule has 1 rings (SSSR count). The summed E-state index contributed by atoms with van der Waals surface area (Å²) in [4.78, 5) is 8.69. The minimum atomic E-state index is -3.26. The Bertz CT molecular complexity index is 575. The molecular formula is C12H23N5O2S2. The number of thioether (sulfide) groups is 1. The Morgan fingerprint density at radius 2 is 1.81 bits per heavy atom. The molecule has 0 atom stereocenters. The summed E-state index contributed by atoms with van der Waals surface area (Å²) in [5, 5.41) is 6.95. The summed E-state index contributed by atoms with van der Waals surface area (Å²) in [6.45, 7) is 6.79. The lowest BCUT2D eigenvalue weighted by Crippen LogP contribution is -2.47. The fourth-order valence-corrected chi connectivity index (χ4v) is 3.18. The van der Waals surface area contributed by atoms with E-state index in [1.165, 1.54) is 11.8 Å². The van der Waals surface area contributed by atoms with Crippen LogP contribution in [-0.2, 0) is 10.0 Å². The van der Waals surface area contributed by atoms with E-state index in [4.69, 9.17) is 0 Å². The highest BCUT2D eigenvalue weighted by Crippen LogP contribution is 2.18. The van der Waals surface area contributed by atoms with E-state index < -0.39 is 15.6 Å². The first-order chi connectivity index (χ1) is 9.65. The quantitative estimate of drug-likeness (QED) is 0.488. The molecule has 3 N–H and O–H groups in total. The number of rotatable bonds is 8. The number of nitrogens with zero attached hydrogens (tertiary/aromatic N) is 2. The zero-order valence-electron chi connectivity index (χ0n) is 13.0. The van der Waals surface area contributed by atoms with Crippen LogP contribution in [0.5, 0.6) is 0 Å². The minimum Gasteiger partial charge on any atom is -0.370 e. The SMILES string of the molecule is CCNc1cc(NCC(C)(C)NS(C)(=O)=O)nc(SC)n1. The first-order valence-electron chi connectivity index (χ1n) is 6.55. The normalized spacial score (nSPS) is 12.2. The molecule has 0 unspecified atom stereocenters. The standard InChI is InChI=1S/C12H23N5O2S2/c1-6-13-9-7-10(16-11(15-9)20-4)14-8-12(2,3)17-21(5,18)19/h7,17H,6,8H2,1-5H3,(H2,13,14,15,16). The molecule has 0 radical (unpaired) electrons. The van der Waals surface area contributed by atoms with Crippen LogP contribution in [0.1, 0.15) is 20.8 Å². The highest BCUT2D eigenvalue weighted by Gasteiger charge is 2.22. The van der Waals surface area contributed by atoms with Gasteiger partial charge in [-0.1, -0.05) is 11.8 Å². The van der Waals surface area contributed by atoms with Crippen LogP contribution < -0.4 is 15.4 Å². The van der Waals surface area contributed by atoms with Crippen molar-refractivity contribution in [2.45, 2.75) is 31.5 Å². The Kier molecular flexibility index (Phi) is 6.24. The van der Waals surface area contributed by atoms with Crippen molar-refractivity contribution < 1.29 is 8.42 Å². The van der Waals surface area contributed by atoms with Crippen LogP contribution in [-0.4, -0.2) is 49.5 Å². The van der Waals surface area contributed by atoms with Crippen LogP contribution in [0.15, 0.2) is 11.2 Å². The molecule has 0 saturated carbocycles. The van der Waals surface area contributed by atoms with Gasteiger partial charge in [0.25, 0.3) is 0 Å². The van der Waals surface area contributed by atoms with Gasteiger partial charge >= 0.3 is 0 Å². The molecule has 7 nitrogen and oxygen atoms in total. The van der Waals surface area contributed by atoms with Crippen LogP contribution in [0.4, 0.5) is 11.6 Å². The van der Waals surface area contributed by atoms with Crippen molar-refractivity contribution in [3.05, 3.63) is 6.07 Å². The number of nitrogens with one attached hydrogen (secondary N) is 3. The third-order valence-electron chi connectivity index (χ3n) is 2.42. The van der Waals surface area contributed by atoms with Crippen molar-refractivity contribution in [3.8, 4) is 0 Å². The maximum absolute atomic E-state index is 11.3. The average Bonchev–Trinajstić information content (AvgIpc) is 2.34. The van der Waals surface area contributed by atoms with Crippen molar-refractivity contribution in [2.24, 2.45) is 0 Å². The van der Waals surface area contributed by atoms with Gasteiger partial charge in [-0.25, -0.2) is 23.1 Å². The van der Waals surface area contributed by atoms with Gasteiger partial charge in [0.2, 0.25) is 10.0 Å². The summed E-state index contributed by atoms with van der Waals surface area (Å²) in [7, 11) is -3.26. The van der Waals surface area contributed by atoms with Crippen molar-refractivity contribution in [3.63, 3.8) is 0 Å². The minimum absolute atomic E-state index is 0.413. The van der Waals surface area contributed by atoms with Gasteiger partial charge in [0.05, 0.1) is 6.26 Å². The molecule has 0 saturated heterocycles. The van der Waals surface area contributed by atoms with Gasteiger partial charge in [0.1, 0.15) is 11.6 Å². The first-order valence-corrected chi connectivity index (χ1v) is 9.66. The van der Waals surface area contributed by atoms with Gasteiger partial charge in [-0.15, -0.1) is 0 Å². The van der Waals surface area contributed by atoms with E-state index in [-0.39, 0.29) is 0 Å². The fourth-order valence-electron chi connectivity index (χ4n) is 1.73. The number of hydrogen-bond donors (Lipinski definition) is 3. The monoisotopic (exact) mass is 333 g/mol. The lowest BCUT2D eigenvalue weighted by Gasteiger charge is -2.25. The lowest BCUT2D eigenvalue weighted by molar-refractivity contribution is 0.475. The second-order valence-corrected chi connectivity index (χ2v) is 7.79. The van der Waals surface area contributed by atoms with Crippen LogP contribution in [0.3, 0.4) is 0 Å². The smallest absolute Gasteiger partial charge is 0.209 e. The van der Waals surface area contributed by atoms with E-state index in [0.29, 0.717) is 17.5 Å². The Morgan fingerprint density at radius 1 is 1.24 bits per heavy atom. The number of anilines is 2. The van der Waals surface area contributed by atoms with Crippen molar-refractivity contribution in [2.75, 3.05) is 36.2 Å². The summed E-state index contributed by atoms with van der Waals surface area (Å²) < 4.78 is 25.2.